The molecule has 0 saturated carbocycles. The lowest BCUT2D eigenvalue weighted by atomic mass is 9.98. The number of fused-ring (bicyclic) bond motifs is 9. The van der Waals surface area contributed by atoms with Crippen LogP contribution in [0.15, 0.2) is 267 Å². The summed E-state index contributed by atoms with van der Waals surface area (Å²) in [6, 6.07) is 96.9. The van der Waals surface area contributed by atoms with Crippen LogP contribution in [0.3, 0.4) is 0 Å². The van der Waals surface area contributed by atoms with Gasteiger partial charge in [-0.25, -0.2) is 0 Å². The van der Waals surface area contributed by atoms with Gasteiger partial charge in [-0.1, -0.05) is 158 Å². The highest BCUT2D eigenvalue weighted by Gasteiger charge is 2.19. The third kappa shape index (κ3) is 6.75. The first-order valence-corrected chi connectivity index (χ1v) is 25.3. The average molecular weight is 944 g/mol. The normalized spacial score (nSPS) is 11.8. The van der Waals surface area contributed by atoms with Gasteiger partial charge in [0.25, 0.3) is 0 Å². The molecule has 0 aliphatic rings. The monoisotopic (exact) mass is 943 g/mol. The van der Waals surface area contributed by atoms with Gasteiger partial charge in [0.1, 0.15) is 0 Å². The molecule has 0 saturated heterocycles. The molecule has 5 heteroatoms. The Bertz CT molecular complexity index is 4430. The van der Waals surface area contributed by atoms with Gasteiger partial charge >= 0.3 is 0 Å². The molecule has 1 N–H and O–H groups in total. The summed E-state index contributed by atoms with van der Waals surface area (Å²) in [6.45, 7) is 0. The molecule has 0 aliphatic carbocycles. The van der Waals surface area contributed by atoms with Crippen molar-refractivity contribution in [2.24, 2.45) is 0 Å². The van der Waals surface area contributed by atoms with Crippen LogP contribution in [0.1, 0.15) is 0 Å². The molecule has 15 aromatic rings. The topological polar surface area (TPSA) is 43.5 Å². The predicted molar refractivity (Wildman–Crippen MR) is 309 cm³/mol. The molecule has 0 bridgehead atoms. The van der Waals surface area contributed by atoms with Crippen molar-refractivity contribution in [2.75, 3.05) is 0 Å². The van der Waals surface area contributed by atoms with Crippen molar-refractivity contribution < 1.29 is 0 Å². The predicted octanol–water partition coefficient (Wildman–Crippen LogP) is 18.0. The van der Waals surface area contributed by atoms with Crippen molar-refractivity contribution in [3.05, 3.63) is 267 Å². The van der Waals surface area contributed by atoms with Gasteiger partial charge < -0.3 is 13.7 Å². The molecule has 4 aromatic heterocycles. The van der Waals surface area contributed by atoms with E-state index in [2.05, 4.69) is 286 Å². The minimum absolute atomic E-state index is 0.908. The van der Waals surface area contributed by atoms with Gasteiger partial charge in [-0.2, -0.15) is 5.10 Å². The maximum Gasteiger partial charge on any atom is 0.0927 e. The number of benzene rings is 11. The summed E-state index contributed by atoms with van der Waals surface area (Å²) in [7, 11) is 0. The number of nitrogens with zero attached hydrogens (tertiary/aromatic N) is 4. The third-order valence-corrected chi connectivity index (χ3v) is 15.1. The Kier molecular flexibility index (Phi) is 9.50. The standard InChI is InChI=1S/C69H45N5/c1-4-16-45(17-5-1)46-18-14-19-51(38-46)62-44-63(71-70-62)52-20-15-25-55(39-52)74-68-36-32-49(47-30-34-66-58(40-47)56-26-10-12-28-64(56)72(66)53-21-6-2-7-22-53)42-60(68)61-43-50(33-37-69(61)74)48-31-35-67-59(41-48)57-27-11-13-29-65(57)73(67)54-23-8-3-9-24-54/h1-44H,(H,70,71). The zero-order valence-electron chi connectivity index (χ0n) is 40.2. The van der Waals surface area contributed by atoms with Crippen LogP contribution in [0.25, 0.3) is 138 Å². The quantitative estimate of drug-likeness (QED) is 0.162. The number of H-pyrrole nitrogens is 1. The number of nitrogens with one attached hydrogen (secondary N) is 1. The smallest absolute Gasteiger partial charge is 0.0927 e. The number of aromatic amines is 1. The van der Waals surface area contributed by atoms with Crippen LogP contribution in [0, 0.1) is 0 Å². The molecule has 0 aliphatic heterocycles. The molecule has 0 spiro atoms. The van der Waals surface area contributed by atoms with Gasteiger partial charge in [0.05, 0.1) is 44.5 Å². The Morgan fingerprint density at radius 1 is 0.230 bits per heavy atom. The highest BCUT2D eigenvalue weighted by molar-refractivity contribution is 6.14. The number of para-hydroxylation sites is 4. The van der Waals surface area contributed by atoms with E-state index in [1.165, 1.54) is 87.8 Å². The lowest BCUT2D eigenvalue weighted by Crippen LogP contribution is -1.94. The third-order valence-electron chi connectivity index (χ3n) is 15.1. The molecule has 15 rings (SSSR count). The molecular weight excluding hydrogens is 899 g/mol. The minimum Gasteiger partial charge on any atom is -0.309 e. The summed E-state index contributed by atoms with van der Waals surface area (Å²) in [5.41, 5.74) is 21.5. The molecule has 346 valence electrons. The average Bonchev–Trinajstić information content (AvgIpc) is 4.27. The Morgan fingerprint density at radius 3 is 1.12 bits per heavy atom. The summed E-state index contributed by atoms with van der Waals surface area (Å²) in [5, 5.41) is 15.6. The summed E-state index contributed by atoms with van der Waals surface area (Å²) in [6.07, 6.45) is 0. The van der Waals surface area contributed by atoms with E-state index in [0.29, 0.717) is 0 Å². The number of rotatable bonds is 8. The zero-order chi connectivity index (χ0) is 48.7. The largest absolute Gasteiger partial charge is 0.309 e. The zero-order valence-corrected chi connectivity index (χ0v) is 40.2. The summed E-state index contributed by atoms with van der Waals surface area (Å²) >= 11 is 0. The van der Waals surface area contributed by atoms with E-state index >= 15 is 0 Å². The van der Waals surface area contributed by atoms with Crippen LogP contribution in [-0.2, 0) is 0 Å². The fraction of sp³-hybridized carbons (Fsp3) is 0. The molecule has 0 amide bonds. The van der Waals surface area contributed by atoms with E-state index in [1.807, 2.05) is 0 Å². The first kappa shape index (κ1) is 41.8. The Hall–Kier alpha value is -9.97. The van der Waals surface area contributed by atoms with Gasteiger partial charge in [-0.15, -0.1) is 0 Å². The second-order valence-corrected chi connectivity index (χ2v) is 19.3. The van der Waals surface area contributed by atoms with Crippen LogP contribution in [0.4, 0.5) is 0 Å². The highest BCUT2D eigenvalue weighted by Crippen LogP contribution is 2.42. The first-order chi connectivity index (χ1) is 36.7. The van der Waals surface area contributed by atoms with Crippen molar-refractivity contribution in [1.29, 1.82) is 0 Å². The van der Waals surface area contributed by atoms with Crippen LogP contribution in [-0.4, -0.2) is 23.9 Å². The molecule has 0 radical (unpaired) electrons. The number of hydrogen-bond acceptors (Lipinski definition) is 1. The lowest BCUT2D eigenvalue weighted by Gasteiger charge is -2.11. The number of hydrogen-bond donors (Lipinski definition) is 1. The van der Waals surface area contributed by atoms with Crippen LogP contribution in [0.5, 0.6) is 0 Å². The number of aromatic nitrogens is 5. The van der Waals surface area contributed by atoms with Crippen molar-refractivity contribution in [3.63, 3.8) is 0 Å². The van der Waals surface area contributed by atoms with E-state index in [4.69, 9.17) is 5.10 Å². The van der Waals surface area contributed by atoms with E-state index < -0.39 is 0 Å². The molecular formula is C69H45N5. The molecule has 11 aromatic carbocycles. The van der Waals surface area contributed by atoms with Crippen LogP contribution >= 0.6 is 0 Å². The van der Waals surface area contributed by atoms with Crippen molar-refractivity contribution in [3.8, 4) is 73.0 Å². The van der Waals surface area contributed by atoms with Gasteiger partial charge in [0.2, 0.25) is 0 Å². The van der Waals surface area contributed by atoms with Gasteiger partial charge in [0.15, 0.2) is 0 Å². The fourth-order valence-corrected chi connectivity index (χ4v) is 11.6. The second kappa shape index (κ2) is 16.8. The highest BCUT2D eigenvalue weighted by atomic mass is 15.1. The van der Waals surface area contributed by atoms with E-state index in [1.54, 1.807) is 0 Å². The fourth-order valence-electron chi connectivity index (χ4n) is 11.6. The molecule has 5 nitrogen and oxygen atoms in total. The molecule has 74 heavy (non-hydrogen) atoms. The summed E-state index contributed by atoms with van der Waals surface area (Å²) in [5.74, 6) is 0. The SMILES string of the molecule is c1ccc(-c2cccc(-c3cc(-c4cccc(-n5c6ccc(-c7ccc8c(c7)c7ccccc7n8-c7ccccc7)cc6c6cc(-c7ccc8c(c7)c7ccccc7n8-c7ccccc7)ccc65)c4)[nH]n3)c2)cc1. The van der Waals surface area contributed by atoms with E-state index in [0.717, 1.165) is 50.6 Å². The minimum atomic E-state index is 0.908. The Labute approximate surface area is 427 Å². The van der Waals surface area contributed by atoms with Crippen molar-refractivity contribution in [2.45, 2.75) is 0 Å². The molecule has 4 heterocycles. The molecule has 0 atom stereocenters. The Balaban J connectivity index is 0.886. The summed E-state index contributed by atoms with van der Waals surface area (Å²) < 4.78 is 7.19. The van der Waals surface area contributed by atoms with E-state index in [9.17, 15) is 0 Å². The molecule has 0 fully saturated rings. The second-order valence-electron chi connectivity index (χ2n) is 19.3. The van der Waals surface area contributed by atoms with Gasteiger partial charge in [-0.3, -0.25) is 5.10 Å². The van der Waals surface area contributed by atoms with Crippen molar-refractivity contribution >= 4 is 65.4 Å². The maximum atomic E-state index is 4.84. The molecule has 0 unspecified atom stereocenters. The lowest BCUT2D eigenvalue weighted by molar-refractivity contribution is 1.10. The van der Waals surface area contributed by atoms with Crippen LogP contribution < -0.4 is 0 Å². The Morgan fingerprint density at radius 2 is 0.595 bits per heavy atom. The van der Waals surface area contributed by atoms with E-state index in [-0.39, 0.29) is 0 Å². The summed E-state index contributed by atoms with van der Waals surface area (Å²) in [4.78, 5) is 0. The first-order valence-electron chi connectivity index (χ1n) is 25.3. The maximum absolute atomic E-state index is 4.84. The van der Waals surface area contributed by atoms with Gasteiger partial charge in [0, 0.05) is 60.5 Å². The van der Waals surface area contributed by atoms with Gasteiger partial charge in [-0.05, 0) is 143 Å². The van der Waals surface area contributed by atoms with Crippen molar-refractivity contribution in [1.82, 2.24) is 23.9 Å². The van der Waals surface area contributed by atoms with Crippen LogP contribution in [0.2, 0.25) is 0 Å².